The molecule has 3 heteroatoms. The van der Waals surface area contributed by atoms with Crippen LogP contribution in [0.3, 0.4) is 0 Å². The summed E-state index contributed by atoms with van der Waals surface area (Å²) in [7, 11) is 0. The van der Waals surface area contributed by atoms with Crippen molar-refractivity contribution >= 4 is 0 Å². The standard InChI is InChI=1S/C11H18N2O/c1-5-8-9(11(3,4)6-2)12-7-13-10(8)14/h7H,5-6H2,1-4H3,(H,12,13,14). The van der Waals surface area contributed by atoms with E-state index in [4.69, 9.17) is 0 Å². The van der Waals surface area contributed by atoms with Gasteiger partial charge in [0.15, 0.2) is 0 Å². The Balaban J connectivity index is 3.34. The predicted molar refractivity (Wildman–Crippen MR) is 57.6 cm³/mol. The van der Waals surface area contributed by atoms with Gasteiger partial charge in [-0.05, 0) is 12.8 Å². The van der Waals surface area contributed by atoms with Gasteiger partial charge in [0, 0.05) is 11.0 Å². The highest BCUT2D eigenvalue weighted by molar-refractivity contribution is 5.23. The fraction of sp³-hybridized carbons (Fsp3) is 0.636. The second-order valence-corrected chi connectivity index (χ2v) is 4.15. The summed E-state index contributed by atoms with van der Waals surface area (Å²) in [6, 6.07) is 0. The van der Waals surface area contributed by atoms with E-state index in [1.54, 1.807) is 0 Å². The fourth-order valence-electron chi connectivity index (χ4n) is 1.51. The molecule has 1 N–H and O–H groups in total. The first-order chi connectivity index (χ1) is 6.53. The van der Waals surface area contributed by atoms with Gasteiger partial charge < -0.3 is 4.98 Å². The number of nitrogens with zero attached hydrogens (tertiary/aromatic N) is 1. The second-order valence-electron chi connectivity index (χ2n) is 4.15. The van der Waals surface area contributed by atoms with Crippen molar-refractivity contribution < 1.29 is 0 Å². The van der Waals surface area contributed by atoms with Crippen molar-refractivity contribution in [3.05, 3.63) is 27.9 Å². The van der Waals surface area contributed by atoms with E-state index in [1.807, 2.05) is 6.92 Å². The summed E-state index contributed by atoms with van der Waals surface area (Å²) >= 11 is 0. The van der Waals surface area contributed by atoms with Crippen LogP contribution in [0, 0.1) is 0 Å². The number of nitrogens with one attached hydrogen (secondary N) is 1. The van der Waals surface area contributed by atoms with Gasteiger partial charge in [0.2, 0.25) is 0 Å². The van der Waals surface area contributed by atoms with Gasteiger partial charge in [-0.2, -0.15) is 0 Å². The van der Waals surface area contributed by atoms with Crippen molar-refractivity contribution in [1.82, 2.24) is 9.97 Å². The lowest BCUT2D eigenvalue weighted by Crippen LogP contribution is -2.26. The summed E-state index contributed by atoms with van der Waals surface area (Å²) < 4.78 is 0. The average molecular weight is 194 g/mol. The maximum atomic E-state index is 11.5. The van der Waals surface area contributed by atoms with E-state index in [-0.39, 0.29) is 11.0 Å². The summed E-state index contributed by atoms with van der Waals surface area (Å²) in [6.07, 6.45) is 3.21. The largest absolute Gasteiger partial charge is 0.313 e. The lowest BCUT2D eigenvalue weighted by molar-refractivity contribution is 0.482. The molecule has 1 heterocycles. The molecule has 0 fully saturated rings. The number of hydrogen-bond donors (Lipinski definition) is 1. The third-order valence-corrected chi connectivity index (χ3v) is 2.83. The zero-order chi connectivity index (χ0) is 10.8. The van der Waals surface area contributed by atoms with Crippen LogP contribution in [-0.2, 0) is 11.8 Å². The summed E-state index contributed by atoms with van der Waals surface area (Å²) in [6.45, 7) is 8.34. The highest BCUT2D eigenvalue weighted by atomic mass is 16.1. The Labute approximate surface area is 84.6 Å². The highest BCUT2D eigenvalue weighted by Crippen LogP contribution is 2.25. The first-order valence-electron chi connectivity index (χ1n) is 5.10. The summed E-state index contributed by atoms with van der Waals surface area (Å²) in [5.41, 5.74) is 1.74. The van der Waals surface area contributed by atoms with Crippen molar-refractivity contribution in [2.24, 2.45) is 0 Å². The summed E-state index contributed by atoms with van der Waals surface area (Å²) in [5, 5.41) is 0. The molecule has 0 aliphatic heterocycles. The Morgan fingerprint density at radius 2 is 2.07 bits per heavy atom. The van der Waals surface area contributed by atoms with Crippen LogP contribution in [0.5, 0.6) is 0 Å². The van der Waals surface area contributed by atoms with Crippen LogP contribution < -0.4 is 5.56 Å². The van der Waals surface area contributed by atoms with E-state index in [0.29, 0.717) is 0 Å². The van der Waals surface area contributed by atoms with E-state index in [9.17, 15) is 4.79 Å². The van der Waals surface area contributed by atoms with Crippen molar-refractivity contribution in [1.29, 1.82) is 0 Å². The molecule has 0 spiro atoms. The molecule has 0 unspecified atom stereocenters. The van der Waals surface area contributed by atoms with Gasteiger partial charge >= 0.3 is 0 Å². The van der Waals surface area contributed by atoms with E-state index >= 15 is 0 Å². The van der Waals surface area contributed by atoms with Crippen LogP contribution in [0.2, 0.25) is 0 Å². The molecule has 78 valence electrons. The first kappa shape index (κ1) is 11.0. The summed E-state index contributed by atoms with van der Waals surface area (Å²) in [4.78, 5) is 18.5. The van der Waals surface area contributed by atoms with Crippen molar-refractivity contribution in [3.8, 4) is 0 Å². The molecule has 0 bridgehead atoms. The zero-order valence-electron chi connectivity index (χ0n) is 9.35. The quantitative estimate of drug-likeness (QED) is 0.800. The Morgan fingerprint density at radius 1 is 1.43 bits per heavy atom. The van der Waals surface area contributed by atoms with Crippen LogP contribution in [0.25, 0.3) is 0 Å². The Morgan fingerprint density at radius 3 is 2.57 bits per heavy atom. The first-order valence-corrected chi connectivity index (χ1v) is 5.10. The molecule has 1 rings (SSSR count). The minimum Gasteiger partial charge on any atom is -0.313 e. The van der Waals surface area contributed by atoms with E-state index < -0.39 is 0 Å². The number of aromatic amines is 1. The number of aromatic nitrogens is 2. The fourth-order valence-corrected chi connectivity index (χ4v) is 1.51. The monoisotopic (exact) mass is 194 g/mol. The topological polar surface area (TPSA) is 45.8 Å². The lowest BCUT2D eigenvalue weighted by atomic mass is 9.83. The molecule has 3 nitrogen and oxygen atoms in total. The minimum absolute atomic E-state index is 0.000903. The molecule has 0 aromatic carbocycles. The third kappa shape index (κ3) is 1.86. The third-order valence-electron chi connectivity index (χ3n) is 2.83. The maximum Gasteiger partial charge on any atom is 0.254 e. The smallest absolute Gasteiger partial charge is 0.254 e. The highest BCUT2D eigenvalue weighted by Gasteiger charge is 2.23. The molecular weight excluding hydrogens is 176 g/mol. The number of rotatable bonds is 3. The normalized spacial score (nSPS) is 11.7. The predicted octanol–water partition coefficient (Wildman–Crippen LogP) is 2.02. The molecule has 14 heavy (non-hydrogen) atoms. The molecule has 0 radical (unpaired) electrons. The van der Waals surface area contributed by atoms with Crippen LogP contribution >= 0.6 is 0 Å². The number of hydrogen-bond acceptors (Lipinski definition) is 2. The van der Waals surface area contributed by atoms with Gasteiger partial charge in [0.1, 0.15) is 0 Å². The van der Waals surface area contributed by atoms with Gasteiger partial charge in [-0.15, -0.1) is 0 Å². The minimum atomic E-state index is -0.0143. The van der Waals surface area contributed by atoms with Gasteiger partial charge in [0.05, 0.1) is 12.0 Å². The zero-order valence-corrected chi connectivity index (χ0v) is 9.35. The van der Waals surface area contributed by atoms with E-state index in [1.165, 1.54) is 6.33 Å². The second kappa shape index (κ2) is 3.95. The molecule has 0 saturated carbocycles. The average Bonchev–Trinajstić information content (AvgIpc) is 2.17. The van der Waals surface area contributed by atoms with Crippen molar-refractivity contribution in [2.75, 3.05) is 0 Å². The molecule has 1 aromatic rings. The SMILES string of the molecule is CCc1c(C(C)(C)CC)nc[nH]c1=O. The summed E-state index contributed by atoms with van der Waals surface area (Å²) in [5.74, 6) is 0. The molecule has 0 saturated heterocycles. The molecule has 0 aliphatic rings. The lowest BCUT2D eigenvalue weighted by Gasteiger charge is -2.23. The Bertz CT molecular complexity index is 366. The molecule has 0 atom stereocenters. The van der Waals surface area contributed by atoms with Gasteiger partial charge in [-0.3, -0.25) is 4.79 Å². The van der Waals surface area contributed by atoms with E-state index in [0.717, 1.165) is 24.1 Å². The van der Waals surface area contributed by atoms with Crippen LogP contribution in [-0.4, -0.2) is 9.97 Å². The Hall–Kier alpha value is -1.12. The molecule has 0 amide bonds. The maximum absolute atomic E-state index is 11.5. The number of H-pyrrole nitrogens is 1. The molecule has 1 aromatic heterocycles. The molecule has 0 aliphatic carbocycles. The van der Waals surface area contributed by atoms with Gasteiger partial charge in [-0.1, -0.05) is 27.7 Å². The molecular formula is C11H18N2O. The van der Waals surface area contributed by atoms with Crippen LogP contribution in [0.15, 0.2) is 11.1 Å². The van der Waals surface area contributed by atoms with Crippen molar-refractivity contribution in [3.63, 3.8) is 0 Å². The van der Waals surface area contributed by atoms with E-state index in [2.05, 4.69) is 30.7 Å². The Kier molecular flexibility index (Phi) is 3.09. The van der Waals surface area contributed by atoms with Gasteiger partial charge in [0.25, 0.3) is 5.56 Å². The van der Waals surface area contributed by atoms with Crippen LogP contribution in [0.1, 0.15) is 45.4 Å². The van der Waals surface area contributed by atoms with Gasteiger partial charge in [-0.25, -0.2) is 4.98 Å². The van der Waals surface area contributed by atoms with Crippen LogP contribution in [0.4, 0.5) is 0 Å². The van der Waals surface area contributed by atoms with Crippen molar-refractivity contribution in [2.45, 2.75) is 46.0 Å².